The highest BCUT2D eigenvalue weighted by Gasteiger charge is 2.45. The molecule has 12 heteroatoms. The molecule has 262 valence electrons. The van der Waals surface area contributed by atoms with Gasteiger partial charge in [0, 0.05) is 31.8 Å². The second-order valence-corrected chi connectivity index (χ2v) is 13.9. The summed E-state index contributed by atoms with van der Waals surface area (Å²) in [4.78, 5) is 16.9. The number of hydrogen-bond acceptors (Lipinski definition) is 10. The average Bonchev–Trinajstić information content (AvgIpc) is 3.50. The third kappa shape index (κ3) is 7.99. The van der Waals surface area contributed by atoms with Gasteiger partial charge in [-0.3, -0.25) is 4.57 Å². The van der Waals surface area contributed by atoms with E-state index in [-0.39, 0.29) is 24.5 Å². The number of methoxy groups -OCH3 is 2. The minimum absolute atomic E-state index is 0.113. The van der Waals surface area contributed by atoms with E-state index < -0.39 is 38.3 Å². The third-order valence-corrected chi connectivity index (χ3v) is 10.7. The first-order valence-corrected chi connectivity index (χ1v) is 17.5. The van der Waals surface area contributed by atoms with Crippen molar-refractivity contribution in [1.29, 1.82) is 0 Å². The molecule has 0 amide bonds. The lowest BCUT2D eigenvalue weighted by atomic mass is 9.80. The molecule has 4 atom stereocenters. The summed E-state index contributed by atoms with van der Waals surface area (Å²) in [5.74, 6) is 1.60. The van der Waals surface area contributed by atoms with Crippen LogP contribution in [0.15, 0.2) is 95.9 Å². The molecule has 0 bridgehead atoms. The summed E-state index contributed by atoms with van der Waals surface area (Å²) in [5.41, 5.74) is 6.93. The Balaban J connectivity index is 1.58. The van der Waals surface area contributed by atoms with E-state index in [9.17, 15) is 4.79 Å². The Morgan fingerprint density at radius 3 is 1.92 bits per heavy atom. The van der Waals surface area contributed by atoms with Gasteiger partial charge in [0.2, 0.25) is 0 Å². The van der Waals surface area contributed by atoms with Gasteiger partial charge in [0.1, 0.15) is 35.2 Å². The van der Waals surface area contributed by atoms with Gasteiger partial charge < -0.3 is 33.7 Å². The molecule has 5 rings (SSSR count). The van der Waals surface area contributed by atoms with Crippen molar-refractivity contribution in [2.24, 2.45) is 0 Å². The fourth-order valence-electron chi connectivity index (χ4n) is 6.34. The van der Waals surface area contributed by atoms with Gasteiger partial charge in [-0.25, -0.2) is 9.46 Å². The van der Waals surface area contributed by atoms with Crippen molar-refractivity contribution in [3.05, 3.63) is 118 Å². The molecule has 49 heavy (non-hydrogen) atoms. The molecule has 0 aliphatic carbocycles. The van der Waals surface area contributed by atoms with Crippen molar-refractivity contribution < 1.29 is 28.0 Å². The van der Waals surface area contributed by atoms with Crippen LogP contribution in [0.1, 0.15) is 57.0 Å². The summed E-state index contributed by atoms with van der Waals surface area (Å²) in [6, 6.07) is 27.7. The summed E-state index contributed by atoms with van der Waals surface area (Å²) in [5, 5.41) is 0. The minimum Gasteiger partial charge on any atom is -0.497 e. The van der Waals surface area contributed by atoms with Gasteiger partial charge in [0.15, 0.2) is 0 Å². The normalized spacial score (nSPS) is 18.7. The highest BCUT2D eigenvalue weighted by atomic mass is 31.2. The first-order chi connectivity index (χ1) is 23.6. The Kier molecular flexibility index (Phi) is 12.1. The molecule has 0 radical (unpaired) electrons. The number of anilines is 1. The van der Waals surface area contributed by atoms with Crippen molar-refractivity contribution in [2.75, 3.05) is 33.7 Å². The zero-order chi connectivity index (χ0) is 35.1. The predicted octanol–water partition coefficient (Wildman–Crippen LogP) is 6.52. The Hall–Kier alpha value is -3.83. The van der Waals surface area contributed by atoms with Crippen LogP contribution in [-0.4, -0.2) is 66.4 Å². The standard InChI is InChI=1S/C37H47N4O7P/c1-25(2)41(26(3)4)49(45-7)48-32-23-35(40-22-21-34(38)39-36(40)42)47-33(32)24-46-37(27-11-9-8-10-12-27,28-13-17-30(43-5)18-14-28)29-15-19-31(44-6)20-16-29/h8-22,25-26,32-33,35H,23-24H2,1-7H3,(H2,38,39,42)/t32-,33+,35+,49?/m0/s1. The summed E-state index contributed by atoms with van der Waals surface area (Å²) < 4.78 is 41.2. The molecule has 2 N–H and O–H groups in total. The Labute approximate surface area is 289 Å². The van der Waals surface area contributed by atoms with Crippen LogP contribution in [0.2, 0.25) is 0 Å². The summed E-state index contributed by atoms with van der Waals surface area (Å²) in [6.07, 6.45) is 0.241. The smallest absolute Gasteiger partial charge is 0.351 e. The summed E-state index contributed by atoms with van der Waals surface area (Å²) >= 11 is 0. The first-order valence-electron chi connectivity index (χ1n) is 16.4. The molecule has 1 saturated heterocycles. The van der Waals surface area contributed by atoms with Crippen molar-refractivity contribution in [1.82, 2.24) is 14.2 Å². The van der Waals surface area contributed by atoms with E-state index in [1.807, 2.05) is 78.9 Å². The molecular formula is C37H47N4O7P. The van der Waals surface area contributed by atoms with Gasteiger partial charge >= 0.3 is 5.69 Å². The number of nitrogens with zero attached hydrogens (tertiary/aromatic N) is 3. The molecule has 1 unspecified atom stereocenters. The molecule has 0 spiro atoms. The van der Waals surface area contributed by atoms with Crippen molar-refractivity contribution in [3.63, 3.8) is 0 Å². The van der Waals surface area contributed by atoms with E-state index in [1.165, 1.54) is 4.57 Å². The summed E-state index contributed by atoms with van der Waals surface area (Å²) in [6.45, 7) is 8.57. The lowest BCUT2D eigenvalue weighted by Crippen LogP contribution is -2.39. The van der Waals surface area contributed by atoms with Gasteiger partial charge in [-0.05, 0) is 74.7 Å². The number of ether oxygens (including phenoxy) is 4. The molecule has 1 aliphatic heterocycles. The van der Waals surface area contributed by atoms with E-state index in [2.05, 4.69) is 37.3 Å². The van der Waals surface area contributed by atoms with E-state index >= 15 is 0 Å². The minimum atomic E-state index is -1.47. The largest absolute Gasteiger partial charge is 0.497 e. The number of nitrogens with two attached hydrogens (primary N) is 1. The SMILES string of the molecule is COc1ccc(C(OC[C@H]2O[C@@H](n3ccc(N)nc3=O)C[C@@H]2OP(OC)N(C(C)C)C(C)C)(c2ccccc2)c2ccc(OC)cc2)cc1. The van der Waals surface area contributed by atoms with Gasteiger partial charge in [-0.15, -0.1) is 0 Å². The quantitative estimate of drug-likeness (QED) is 0.109. The first kappa shape index (κ1) is 36.5. The predicted molar refractivity (Wildman–Crippen MR) is 191 cm³/mol. The second kappa shape index (κ2) is 16.3. The van der Waals surface area contributed by atoms with E-state index in [1.54, 1.807) is 33.6 Å². The van der Waals surface area contributed by atoms with Crippen LogP contribution in [0.5, 0.6) is 11.5 Å². The van der Waals surface area contributed by atoms with Gasteiger partial charge in [-0.2, -0.15) is 4.98 Å². The molecular weight excluding hydrogens is 643 g/mol. The maximum Gasteiger partial charge on any atom is 0.351 e. The highest BCUT2D eigenvalue weighted by molar-refractivity contribution is 7.44. The Bertz CT molecular complexity index is 1630. The van der Waals surface area contributed by atoms with Crippen LogP contribution in [0.3, 0.4) is 0 Å². The number of hydrogen-bond donors (Lipinski definition) is 1. The second-order valence-electron chi connectivity index (χ2n) is 12.4. The van der Waals surface area contributed by atoms with Crippen LogP contribution < -0.4 is 20.9 Å². The fourth-order valence-corrected chi connectivity index (χ4v) is 7.93. The zero-order valence-corrected chi connectivity index (χ0v) is 30.1. The van der Waals surface area contributed by atoms with Gasteiger partial charge in [0.05, 0.1) is 26.9 Å². The van der Waals surface area contributed by atoms with Crippen LogP contribution >= 0.6 is 8.53 Å². The van der Waals surface area contributed by atoms with E-state index in [0.29, 0.717) is 6.42 Å². The summed E-state index contributed by atoms with van der Waals surface area (Å²) in [7, 11) is 3.47. The molecule has 1 aromatic heterocycles. The molecule has 1 fully saturated rings. The molecule has 0 saturated carbocycles. The van der Waals surface area contributed by atoms with Crippen LogP contribution in [-0.2, 0) is 24.1 Å². The maximum absolute atomic E-state index is 13.0. The van der Waals surface area contributed by atoms with Crippen LogP contribution in [0.25, 0.3) is 0 Å². The topological polar surface area (TPSA) is 120 Å². The highest BCUT2D eigenvalue weighted by Crippen LogP contribution is 2.50. The van der Waals surface area contributed by atoms with E-state index in [4.69, 9.17) is 33.7 Å². The van der Waals surface area contributed by atoms with E-state index in [0.717, 1.165) is 28.2 Å². The number of aromatic nitrogens is 2. The molecule has 2 heterocycles. The zero-order valence-electron chi connectivity index (χ0n) is 29.2. The Morgan fingerprint density at radius 2 is 1.43 bits per heavy atom. The fraction of sp³-hybridized carbons (Fsp3) is 0.405. The number of rotatable bonds is 15. The Morgan fingerprint density at radius 1 is 0.878 bits per heavy atom. The number of benzene rings is 3. The van der Waals surface area contributed by atoms with Crippen molar-refractivity contribution in [2.45, 2.75) is 70.2 Å². The molecule has 3 aromatic carbocycles. The van der Waals surface area contributed by atoms with Crippen LogP contribution in [0.4, 0.5) is 5.82 Å². The lowest BCUT2D eigenvalue weighted by Gasteiger charge is -2.38. The molecule has 11 nitrogen and oxygen atoms in total. The van der Waals surface area contributed by atoms with Crippen molar-refractivity contribution >= 4 is 14.3 Å². The monoisotopic (exact) mass is 690 g/mol. The average molecular weight is 691 g/mol. The van der Waals surface area contributed by atoms with Gasteiger partial charge in [-0.1, -0.05) is 54.6 Å². The van der Waals surface area contributed by atoms with Crippen molar-refractivity contribution in [3.8, 4) is 11.5 Å². The number of nitrogen functional groups attached to an aromatic ring is 1. The third-order valence-electron chi connectivity index (χ3n) is 8.61. The molecule has 1 aliphatic rings. The molecule has 4 aromatic rings. The van der Waals surface area contributed by atoms with Crippen LogP contribution in [0, 0.1) is 0 Å². The maximum atomic E-state index is 13.0. The van der Waals surface area contributed by atoms with Gasteiger partial charge in [0.25, 0.3) is 8.53 Å². The lowest BCUT2D eigenvalue weighted by molar-refractivity contribution is -0.0923.